The van der Waals surface area contributed by atoms with Crippen LogP contribution in [0.25, 0.3) is 11.8 Å². The van der Waals surface area contributed by atoms with Crippen molar-refractivity contribution in [3.63, 3.8) is 0 Å². The maximum absolute atomic E-state index is 13.2. The van der Waals surface area contributed by atoms with Gasteiger partial charge in [-0.15, -0.1) is 5.10 Å². The highest BCUT2D eigenvalue weighted by atomic mass is 35.5. The fourth-order valence-corrected chi connectivity index (χ4v) is 3.93. The smallest absolute Gasteiger partial charge is 0.335 e. The molecule has 3 aromatic carbocycles. The average molecular weight is 560 g/mol. The summed E-state index contributed by atoms with van der Waals surface area (Å²) in [5.41, 5.74) is 7.72. The number of nitrogens with zero attached hydrogens (tertiary/aromatic N) is 4. The molecule has 0 unspecified atom stereocenters. The van der Waals surface area contributed by atoms with E-state index in [1.165, 1.54) is 53.5 Å². The van der Waals surface area contributed by atoms with E-state index < -0.39 is 29.7 Å². The number of aromatic nitrogens is 4. The van der Waals surface area contributed by atoms with Crippen LogP contribution < -0.4 is 16.4 Å². The number of tetrazole rings is 1. The maximum Gasteiger partial charge on any atom is 0.335 e. The Morgan fingerprint density at radius 2 is 1.80 bits per heavy atom. The van der Waals surface area contributed by atoms with Gasteiger partial charge in [-0.1, -0.05) is 23.7 Å². The zero-order chi connectivity index (χ0) is 28.6. The van der Waals surface area contributed by atoms with Gasteiger partial charge in [0.25, 0.3) is 0 Å². The van der Waals surface area contributed by atoms with Gasteiger partial charge in [-0.05, 0) is 76.7 Å². The molecule has 12 nitrogen and oxygen atoms in total. The minimum absolute atomic E-state index is 0.0345. The van der Waals surface area contributed by atoms with Gasteiger partial charge in [0.1, 0.15) is 12.4 Å². The number of carbonyl (C=O) groups excluding carboxylic acids is 3. The third-order valence-electron chi connectivity index (χ3n) is 5.68. The first kappa shape index (κ1) is 27.7. The van der Waals surface area contributed by atoms with E-state index in [-0.39, 0.29) is 17.5 Å². The Morgan fingerprint density at radius 3 is 2.48 bits per heavy atom. The summed E-state index contributed by atoms with van der Waals surface area (Å²) in [6.07, 6.45) is 4.17. The predicted molar refractivity (Wildman–Crippen MR) is 146 cm³/mol. The Balaban J connectivity index is 1.56. The van der Waals surface area contributed by atoms with E-state index in [1.807, 2.05) is 0 Å². The van der Waals surface area contributed by atoms with Crippen LogP contribution in [0.15, 0.2) is 79.1 Å². The molecule has 3 amide bonds. The van der Waals surface area contributed by atoms with Crippen LogP contribution in [0, 0.1) is 0 Å². The van der Waals surface area contributed by atoms with Crippen molar-refractivity contribution in [2.45, 2.75) is 12.5 Å². The van der Waals surface area contributed by atoms with E-state index in [2.05, 4.69) is 26.2 Å². The summed E-state index contributed by atoms with van der Waals surface area (Å²) < 4.78 is 1.41. The number of hydrogen-bond acceptors (Lipinski definition) is 7. The second kappa shape index (κ2) is 12.5. The highest BCUT2D eigenvalue weighted by molar-refractivity contribution is 6.30. The van der Waals surface area contributed by atoms with Crippen LogP contribution in [-0.4, -0.2) is 55.0 Å². The summed E-state index contributed by atoms with van der Waals surface area (Å²) >= 11 is 6.14. The second-order valence-corrected chi connectivity index (χ2v) is 8.93. The number of aromatic carboxylic acids is 1. The lowest BCUT2D eigenvalue weighted by molar-refractivity contribution is -0.123. The number of nitrogens with one attached hydrogen (secondary N) is 2. The molecule has 13 heteroatoms. The number of carboxylic acids is 1. The van der Waals surface area contributed by atoms with E-state index in [0.29, 0.717) is 27.5 Å². The molecular formula is C27H22ClN7O5. The second-order valence-electron chi connectivity index (χ2n) is 8.49. The van der Waals surface area contributed by atoms with Crippen molar-refractivity contribution in [2.24, 2.45) is 5.73 Å². The van der Waals surface area contributed by atoms with E-state index in [4.69, 9.17) is 22.4 Å². The van der Waals surface area contributed by atoms with Crippen LogP contribution in [0.1, 0.15) is 31.8 Å². The molecule has 0 aliphatic rings. The van der Waals surface area contributed by atoms with E-state index >= 15 is 0 Å². The van der Waals surface area contributed by atoms with Crippen molar-refractivity contribution < 1.29 is 24.3 Å². The number of hydrogen-bond donors (Lipinski definition) is 4. The van der Waals surface area contributed by atoms with Crippen LogP contribution >= 0.6 is 11.6 Å². The number of nitrogens with two attached hydrogens (primary N) is 1. The van der Waals surface area contributed by atoms with Crippen molar-refractivity contribution in [2.75, 3.05) is 5.32 Å². The molecule has 1 atom stereocenters. The van der Waals surface area contributed by atoms with Gasteiger partial charge in [0.05, 0.1) is 11.3 Å². The van der Waals surface area contributed by atoms with Crippen LogP contribution in [0.2, 0.25) is 5.02 Å². The standard InChI is InChI=1S/C27H22ClN7O5/c28-20-7-10-23(35-15-30-33-34-35)18(14-20)6-11-24(36)32-22(13-16-2-1-3-19(12-16)25(29)37)26(38)31-21-8-4-17(5-9-21)27(39)40/h1-12,14-15,22H,13H2,(H2,29,37)(H,31,38)(H,32,36)(H,39,40)/b11-6+/t22-/m0/s1. The number of benzene rings is 3. The number of rotatable bonds is 10. The number of primary amides is 1. The quantitative estimate of drug-likeness (QED) is 0.214. The molecule has 202 valence electrons. The van der Waals surface area contributed by atoms with Gasteiger partial charge in [0, 0.05) is 34.3 Å². The third-order valence-corrected chi connectivity index (χ3v) is 5.92. The highest BCUT2D eigenvalue weighted by Gasteiger charge is 2.21. The molecule has 4 aromatic rings. The fourth-order valence-electron chi connectivity index (χ4n) is 3.75. The van der Waals surface area contributed by atoms with Crippen LogP contribution in [0.3, 0.4) is 0 Å². The summed E-state index contributed by atoms with van der Waals surface area (Å²) in [6.45, 7) is 0. The first-order chi connectivity index (χ1) is 19.2. The largest absolute Gasteiger partial charge is 0.478 e. The van der Waals surface area contributed by atoms with Gasteiger partial charge in [0.2, 0.25) is 17.7 Å². The topological polar surface area (TPSA) is 182 Å². The predicted octanol–water partition coefficient (Wildman–Crippen LogP) is 2.49. The molecule has 1 aromatic heterocycles. The first-order valence-electron chi connectivity index (χ1n) is 11.7. The van der Waals surface area contributed by atoms with Crippen molar-refractivity contribution >= 4 is 47.1 Å². The summed E-state index contributed by atoms with van der Waals surface area (Å²) in [4.78, 5) is 48.9. The number of anilines is 1. The number of carboxylic acid groups (broad SMARTS) is 1. The Kier molecular flexibility index (Phi) is 8.62. The molecule has 40 heavy (non-hydrogen) atoms. The maximum atomic E-state index is 13.2. The first-order valence-corrected chi connectivity index (χ1v) is 12.1. The van der Waals surface area contributed by atoms with Crippen molar-refractivity contribution in [3.8, 4) is 5.69 Å². The van der Waals surface area contributed by atoms with Crippen LogP contribution in [0.4, 0.5) is 5.69 Å². The molecule has 0 radical (unpaired) electrons. The molecule has 0 aliphatic carbocycles. The highest BCUT2D eigenvalue weighted by Crippen LogP contribution is 2.20. The van der Waals surface area contributed by atoms with E-state index in [9.17, 15) is 19.2 Å². The average Bonchev–Trinajstić information content (AvgIpc) is 3.47. The monoisotopic (exact) mass is 559 g/mol. The molecule has 5 N–H and O–H groups in total. The Bertz CT molecular complexity index is 1590. The lowest BCUT2D eigenvalue weighted by atomic mass is 10.0. The van der Waals surface area contributed by atoms with Gasteiger partial charge in [-0.2, -0.15) is 4.68 Å². The lowest BCUT2D eigenvalue weighted by Gasteiger charge is -2.18. The third kappa shape index (κ3) is 7.14. The molecule has 0 bridgehead atoms. The zero-order valence-electron chi connectivity index (χ0n) is 20.7. The molecule has 0 saturated heterocycles. The molecule has 0 saturated carbocycles. The van der Waals surface area contributed by atoms with Crippen molar-refractivity contribution in [1.29, 1.82) is 0 Å². The van der Waals surface area contributed by atoms with Gasteiger partial charge in [-0.25, -0.2) is 4.79 Å². The molecule has 1 heterocycles. The minimum atomic E-state index is -1.10. The van der Waals surface area contributed by atoms with Gasteiger partial charge >= 0.3 is 5.97 Å². The molecule has 0 aliphatic heterocycles. The summed E-state index contributed by atoms with van der Waals surface area (Å²) in [5, 5.41) is 26.0. The lowest BCUT2D eigenvalue weighted by Crippen LogP contribution is -2.44. The molecule has 0 fully saturated rings. The number of amides is 3. The molecular weight excluding hydrogens is 538 g/mol. The van der Waals surface area contributed by atoms with Gasteiger partial charge in [0.15, 0.2) is 0 Å². The van der Waals surface area contributed by atoms with E-state index in [1.54, 1.807) is 36.4 Å². The zero-order valence-corrected chi connectivity index (χ0v) is 21.4. The van der Waals surface area contributed by atoms with Crippen molar-refractivity contribution in [3.05, 3.63) is 106 Å². The van der Waals surface area contributed by atoms with Gasteiger partial charge < -0.3 is 21.5 Å². The molecule has 4 rings (SSSR count). The fraction of sp³-hybridized carbons (Fsp3) is 0.0741. The summed E-state index contributed by atoms with van der Waals surface area (Å²) in [7, 11) is 0. The Hall–Kier alpha value is -5.36. The van der Waals surface area contributed by atoms with Crippen LogP contribution in [-0.2, 0) is 16.0 Å². The SMILES string of the molecule is NC(=O)c1cccc(C[C@H](NC(=O)/C=C/c2cc(Cl)ccc2-n2cnnn2)C(=O)Nc2ccc(C(=O)O)cc2)c1. The summed E-state index contributed by atoms with van der Waals surface area (Å²) in [5.74, 6) is -2.89. The van der Waals surface area contributed by atoms with E-state index in [0.717, 1.165) is 0 Å². The molecule has 0 spiro atoms. The normalized spacial score (nSPS) is 11.6. The number of carbonyl (C=O) groups is 4. The Labute approximate surface area is 232 Å². The minimum Gasteiger partial charge on any atom is -0.478 e. The number of halogens is 1. The Morgan fingerprint density at radius 1 is 1.02 bits per heavy atom. The summed E-state index contributed by atoms with van der Waals surface area (Å²) in [6, 6.07) is 15.9. The van der Waals surface area contributed by atoms with Gasteiger partial charge in [-0.3, -0.25) is 14.4 Å². The van der Waals surface area contributed by atoms with Crippen LogP contribution in [0.5, 0.6) is 0 Å². The van der Waals surface area contributed by atoms with Crippen molar-refractivity contribution in [1.82, 2.24) is 25.5 Å².